The molecule has 0 aromatic heterocycles. The second kappa shape index (κ2) is 5.93. The van der Waals surface area contributed by atoms with E-state index in [1.54, 1.807) is 19.3 Å². The SMILES string of the molecule is CCOC(=O)S1(C(=O)OCC)C=C(C)c2c(C)cccc21. The molecule has 0 spiro atoms. The molecule has 0 aliphatic carbocycles. The van der Waals surface area contributed by atoms with Gasteiger partial charge < -0.3 is 9.47 Å². The third-order valence-corrected chi connectivity index (χ3v) is 6.41. The maximum absolute atomic E-state index is 12.6. The van der Waals surface area contributed by atoms with Crippen molar-refractivity contribution >= 4 is 26.2 Å². The van der Waals surface area contributed by atoms with Crippen LogP contribution < -0.4 is 0 Å². The van der Waals surface area contributed by atoms with Crippen molar-refractivity contribution in [3.63, 3.8) is 0 Å². The molecule has 5 heteroatoms. The molecule has 1 aromatic carbocycles. The van der Waals surface area contributed by atoms with Crippen molar-refractivity contribution in [1.29, 1.82) is 0 Å². The summed E-state index contributed by atoms with van der Waals surface area (Å²) in [6.45, 7) is 7.83. The molecular formula is C16H20O4S. The lowest BCUT2D eigenvalue weighted by molar-refractivity contribution is 0.174. The van der Waals surface area contributed by atoms with E-state index in [1.807, 2.05) is 32.0 Å². The maximum Gasteiger partial charge on any atom is 0.367 e. The van der Waals surface area contributed by atoms with E-state index in [9.17, 15) is 9.59 Å². The van der Waals surface area contributed by atoms with Crippen molar-refractivity contribution < 1.29 is 19.1 Å². The highest BCUT2D eigenvalue weighted by atomic mass is 32.3. The van der Waals surface area contributed by atoms with Gasteiger partial charge in [0.05, 0.1) is 13.2 Å². The standard InChI is InChI=1S/C16H20O4S/c1-5-19-15(17)21(16(18)20-6-2)10-12(4)14-11(3)8-7-9-13(14)21/h7-10H,5-6H2,1-4H3. The Morgan fingerprint density at radius 1 is 1.05 bits per heavy atom. The highest BCUT2D eigenvalue weighted by Gasteiger charge is 2.48. The normalized spacial score (nSPS) is 16.7. The lowest BCUT2D eigenvalue weighted by atomic mass is 10.0. The molecule has 0 radical (unpaired) electrons. The van der Waals surface area contributed by atoms with Crippen molar-refractivity contribution in [2.45, 2.75) is 32.6 Å². The van der Waals surface area contributed by atoms with Gasteiger partial charge in [-0.2, -0.15) is 0 Å². The van der Waals surface area contributed by atoms with Crippen LogP contribution in [0.25, 0.3) is 5.57 Å². The number of carbonyl (C=O) groups excluding carboxylic acids is 2. The lowest BCUT2D eigenvalue weighted by Gasteiger charge is -2.29. The summed E-state index contributed by atoms with van der Waals surface area (Å²) in [5.74, 6) is 0. The van der Waals surface area contributed by atoms with Gasteiger partial charge >= 0.3 is 10.6 Å². The molecule has 0 amide bonds. The van der Waals surface area contributed by atoms with Gasteiger partial charge in [0.2, 0.25) is 0 Å². The number of benzene rings is 1. The number of hydrogen-bond acceptors (Lipinski definition) is 4. The number of aryl methyl sites for hydroxylation is 1. The molecule has 0 N–H and O–H groups in total. The first-order chi connectivity index (χ1) is 9.98. The van der Waals surface area contributed by atoms with E-state index in [-0.39, 0.29) is 13.2 Å². The van der Waals surface area contributed by atoms with Gasteiger partial charge in [-0.15, -0.1) is 0 Å². The summed E-state index contributed by atoms with van der Waals surface area (Å²) in [6, 6.07) is 5.67. The molecule has 4 nitrogen and oxygen atoms in total. The lowest BCUT2D eigenvalue weighted by Crippen LogP contribution is -2.21. The first-order valence-electron chi connectivity index (χ1n) is 6.94. The number of rotatable bonds is 2. The molecule has 21 heavy (non-hydrogen) atoms. The average Bonchev–Trinajstić information content (AvgIpc) is 2.75. The van der Waals surface area contributed by atoms with E-state index in [0.717, 1.165) is 21.6 Å². The third kappa shape index (κ3) is 2.35. The first-order valence-corrected chi connectivity index (χ1v) is 8.63. The third-order valence-electron chi connectivity index (χ3n) is 3.38. The Bertz CT molecular complexity index is 601. The van der Waals surface area contributed by atoms with Crippen molar-refractivity contribution in [1.82, 2.24) is 0 Å². The summed E-state index contributed by atoms with van der Waals surface area (Å²) in [5.41, 5.74) is 2.94. The minimum Gasteiger partial charge on any atom is -0.458 e. The fourth-order valence-electron chi connectivity index (χ4n) is 2.57. The molecule has 1 heterocycles. The van der Waals surface area contributed by atoms with Crippen LogP contribution in [0.2, 0.25) is 0 Å². The zero-order valence-electron chi connectivity index (χ0n) is 12.8. The van der Waals surface area contributed by atoms with Crippen LogP contribution in [0, 0.1) is 6.92 Å². The number of fused-ring (bicyclic) bond motifs is 1. The smallest absolute Gasteiger partial charge is 0.367 e. The Kier molecular flexibility index (Phi) is 4.42. The number of allylic oxidation sites excluding steroid dienone is 1. The molecule has 1 aliphatic heterocycles. The van der Waals surface area contributed by atoms with Crippen LogP contribution in [0.5, 0.6) is 0 Å². The summed E-state index contributed by atoms with van der Waals surface area (Å²) in [6.07, 6.45) is 0. The van der Waals surface area contributed by atoms with Crippen LogP contribution in [-0.2, 0) is 9.47 Å². The largest absolute Gasteiger partial charge is 0.458 e. The second-order valence-electron chi connectivity index (χ2n) is 4.77. The van der Waals surface area contributed by atoms with E-state index >= 15 is 0 Å². The molecule has 0 unspecified atom stereocenters. The maximum atomic E-state index is 12.6. The monoisotopic (exact) mass is 308 g/mol. The number of ether oxygens (including phenoxy) is 2. The topological polar surface area (TPSA) is 52.6 Å². The fourth-order valence-corrected chi connectivity index (χ4v) is 5.57. The Labute approximate surface area is 126 Å². The van der Waals surface area contributed by atoms with Gasteiger partial charge in [-0.3, -0.25) is 0 Å². The van der Waals surface area contributed by atoms with Crippen LogP contribution >= 0.6 is 10.0 Å². The quantitative estimate of drug-likeness (QED) is 0.733. The molecule has 0 atom stereocenters. The fraction of sp³-hybridized carbons (Fsp3) is 0.375. The predicted octanol–water partition coefficient (Wildman–Crippen LogP) is 4.85. The number of carbonyl (C=O) groups is 2. The van der Waals surface area contributed by atoms with E-state index in [4.69, 9.17) is 9.47 Å². The van der Waals surface area contributed by atoms with E-state index in [1.165, 1.54) is 0 Å². The Hall–Kier alpha value is -1.75. The molecule has 2 rings (SSSR count). The van der Waals surface area contributed by atoms with Crippen LogP contribution in [0.15, 0.2) is 28.5 Å². The zero-order chi connectivity index (χ0) is 15.6. The Morgan fingerprint density at radius 3 is 2.14 bits per heavy atom. The van der Waals surface area contributed by atoms with Crippen LogP contribution in [-0.4, -0.2) is 23.8 Å². The molecule has 0 saturated heterocycles. The van der Waals surface area contributed by atoms with Crippen LogP contribution in [0.4, 0.5) is 9.59 Å². The van der Waals surface area contributed by atoms with Gasteiger partial charge in [0.25, 0.3) is 0 Å². The first kappa shape index (κ1) is 15.6. The van der Waals surface area contributed by atoms with Crippen molar-refractivity contribution in [3.8, 4) is 0 Å². The molecule has 0 bridgehead atoms. The van der Waals surface area contributed by atoms with Gasteiger partial charge in [-0.05, 0) is 55.9 Å². The van der Waals surface area contributed by atoms with Crippen molar-refractivity contribution in [3.05, 3.63) is 34.7 Å². The summed E-state index contributed by atoms with van der Waals surface area (Å²) in [5, 5.41) is 0.764. The van der Waals surface area contributed by atoms with Crippen molar-refractivity contribution in [2.24, 2.45) is 0 Å². The van der Waals surface area contributed by atoms with Gasteiger partial charge in [0.1, 0.15) is 0 Å². The Balaban J connectivity index is 2.67. The van der Waals surface area contributed by atoms with Gasteiger partial charge in [0, 0.05) is 14.9 Å². The summed E-state index contributed by atoms with van der Waals surface area (Å²) in [7, 11) is -2.56. The second-order valence-corrected chi connectivity index (χ2v) is 7.44. The number of hydrogen-bond donors (Lipinski definition) is 0. The zero-order valence-corrected chi connectivity index (χ0v) is 13.6. The van der Waals surface area contributed by atoms with Crippen LogP contribution in [0.1, 0.15) is 31.9 Å². The summed E-state index contributed by atoms with van der Waals surface area (Å²) in [4.78, 5) is 25.9. The minimum absolute atomic E-state index is 0.237. The Morgan fingerprint density at radius 2 is 1.62 bits per heavy atom. The van der Waals surface area contributed by atoms with E-state index < -0.39 is 20.6 Å². The van der Waals surface area contributed by atoms with Crippen LogP contribution in [0.3, 0.4) is 0 Å². The van der Waals surface area contributed by atoms with E-state index in [0.29, 0.717) is 0 Å². The minimum atomic E-state index is -2.56. The summed E-state index contributed by atoms with van der Waals surface area (Å²) < 4.78 is 10.4. The van der Waals surface area contributed by atoms with Gasteiger partial charge in [-0.1, -0.05) is 12.1 Å². The van der Waals surface area contributed by atoms with Crippen molar-refractivity contribution in [2.75, 3.05) is 13.2 Å². The predicted molar refractivity (Wildman–Crippen MR) is 84.7 cm³/mol. The molecule has 1 aliphatic rings. The molecule has 1 aromatic rings. The molecule has 0 fully saturated rings. The molecular weight excluding hydrogens is 288 g/mol. The van der Waals surface area contributed by atoms with E-state index in [2.05, 4.69) is 0 Å². The average molecular weight is 308 g/mol. The van der Waals surface area contributed by atoms with Gasteiger partial charge in [0.15, 0.2) is 0 Å². The molecule has 0 saturated carbocycles. The highest BCUT2D eigenvalue weighted by Crippen LogP contribution is 2.67. The highest BCUT2D eigenvalue weighted by molar-refractivity contribution is 8.57. The molecule has 114 valence electrons. The summed E-state index contributed by atoms with van der Waals surface area (Å²) >= 11 is 0. The van der Waals surface area contributed by atoms with Gasteiger partial charge in [-0.25, -0.2) is 9.59 Å².